The van der Waals surface area contributed by atoms with Crippen LogP contribution in [0.5, 0.6) is 0 Å². The lowest BCUT2D eigenvalue weighted by Gasteiger charge is -2.28. The SMILES string of the molecule is CC1=NN(CCCS(=O)(=O)O)\C(=C/C=C/C=C/C2=[N+](CCCCCC(=O)O)c3ccc(S(=O)(=O)O)cc3C2(C)CCCS(=O)(=O)O)C1(C)CCC(=O)O. The van der Waals surface area contributed by atoms with Crippen molar-refractivity contribution in [1.82, 2.24) is 5.01 Å². The predicted molar refractivity (Wildman–Crippen MR) is 197 cm³/mol. The molecule has 0 fully saturated rings. The highest BCUT2D eigenvalue weighted by atomic mass is 32.2. The maximum absolute atomic E-state index is 12.1. The first-order chi connectivity index (χ1) is 24.5. The Kier molecular flexibility index (Phi) is 14.5. The summed E-state index contributed by atoms with van der Waals surface area (Å²) < 4.78 is 101. The van der Waals surface area contributed by atoms with Gasteiger partial charge in [-0.2, -0.15) is 34.9 Å². The first-order valence-corrected chi connectivity index (χ1v) is 21.6. The van der Waals surface area contributed by atoms with Gasteiger partial charge in [-0.3, -0.25) is 28.3 Å². The van der Waals surface area contributed by atoms with Crippen molar-refractivity contribution in [2.45, 2.75) is 88.9 Å². The fourth-order valence-electron chi connectivity index (χ4n) is 6.70. The highest BCUT2D eigenvalue weighted by Crippen LogP contribution is 2.45. The summed E-state index contributed by atoms with van der Waals surface area (Å²) in [6, 6.07) is 4.15. The van der Waals surface area contributed by atoms with E-state index in [2.05, 4.69) is 5.10 Å². The summed E-state index contributed by atoms with van der Waals surface area (Å²) in [5.41, 5.74) is 1.23. The Hall–Kier alpha value is -3.75. The van der Waals surface area contributed by atoms with Crippen molar-refractivity contribution in [3.63, 3.8) is 0 Å². The number of benzene rings is 1. The minimum absolute atomic E-state index is 0.00366. The number of hydrogen-bond acceptors (Lipinski definition) is 10. The third-order valence-electron chi connectivity index (χ3n) is 9.61. The lowest BCUT2D eigenvalue weighted by molar-refractivity contribution is -0.438. The van der Waals surface area contributed by atoms with Crippen LogP contribution in [0.2, 0.25) is 0 Å². The third-order valence-corrected chi connectivity index (χ3v) is 12.1. The molecule has 3 rings (SSSR count). The van der Waals surface area contributed by atoms with Gasteiger partial charge >= 0.3 is 11.9 Å². The summed E-state index contributed by atoms with van der Waals surface area (Å²) in [4.78, 5) is 22.2. The zero-order valence-corrected chi connectivity index (χ0v) is 32.3. The lowest BCUT2D eigenvalue weighted by atomic mass is 9.76. The molecule has 2 atom stereocenters. The number of aliphatic carboxylic acids is 2. The summed E-state index contributed by atoms with van der Waals surface area (Å²) in [6.07, 6.45) is 10.5. The number of carboxylic acid groups (broad SMARTS) is 2. The van der Waals surface area contributed by atoms with E-state index < -0.39 is 64.6 Å². The predicted octanol–water partition coefficient (Wildman–Crippen LogP) is 4.44. The molecule has 0 aromatic heterocycles. The number of fused-ring (bicyclic) bond motifs is 1. The Balaban J connectivity index is 2.06. The summed E-state index contributed by atoms with van der Waals surface area (Å²) >= 11 is 0. The first kappa shape index (κ1) is 43.7. The molecule has 0 saturated carbocycles. The highest BCUT2D eigenvalue weighted by molar-refractivity contribution is 7.86. The van der Waals surface area contributed by atoms with Gasteiger partial charge in [0.2, 0.25) is 5.69 Å². The molecule has 2 heterocycles. The van der Waals surface area contributed by atoms with Crippen LogP contribution in [0.15, 0.2) is 64.3 Å². The van der Waals surface area contributed by atoms with Crippen LogP contribution in [-0.4, -0.2) is 107 Å². The van der Waals surface area contributed by atoms with E-state index in [0.29, 0.717) is 54.2 Å². The van der Waals surface area contributed by atoms with E-state index in [0.717, 1.165) is 0 Å². The maximum atomic E-state index is 12.1. The molecule has 0 amide bonds. The molecule has 16 nitrogen and oxygen atoms in total. The van der Waals surface area contributed by atoms with Gasteiger partial charge in [0.15, 0.2) is 5.71 Å². The standard InChI is InChI=1S/C34H47N3O13S3/c1-25-33(2,19-17-32(40)41)30(37(35-25)21-11-23-52(45,46)47)13-7-4-6-12-29-34(3,18-10-22-51(42,43)44)27-24-26(53(48,49)50)15-16-28(27)36(29)20-9-5-8-14-31(38)39/h4,6-7,12-13,15-16,24H,5,8-11,14,17-23H2,1-3H3,(H4-,38,39,40,41,42,43,44,45,46,47,48,49,50)/p+1. The maximum Gasteiger partial charge on any atom is 0.303 e. The fraction of sp³-hybridized carbons (Fsp3) is 0.529. The van der Waals surface area contributed by atoms with Gasteiger partial charge in [-0.1, -0.05) is 18.2 Å². The van der Waals surface area contributed by atoms with Crippen molar-refractivity contribution in [3.05, 3.63) is 59.8 Å². The Bertz CT molecular complexity index is 2050. The van der Waals surface area contributed by atoms with Crippen LogP contribution in [0.3, 0.4) is 0 Å². The van der Waals surface area contributed by atoms with Gasteiger partial charge in [0.1, 0.15) is 6.54 Å². The van der Waals surface area contributed by atoms with Crippen molar-refractivity contribution in [1.29, 1.82) is 0 Å². The molecule has 19 heteroatoms. The molecule has 294 valence electrons. The molecular formula is C34H48N3O13S3+. The van der Waals surface area contributed by atoms with Crippen LogP contribution in [0, 0.1) is 5.41 Å². The van der Waals surface area contributed by atoms with E-state index in [-0.39, 0.29) is 50.0 Å². The van der Waals surface area contributed by atoms with Crippen LogP contribution < -0.4 is 0 Å². The van der Waals surface area contributed by atoms with Gasteiger partial charge in [-0.05, 0) is 77.5 Å². The second-order valence-electron chi connectivity index (χ2n) is 13.6. The Morgan fingerprint density at radius 3 is 2.06 bits per heavy atom. The van der Waals surface area contributed by atoms with Crippen molar-refractivity contribution < 1.29 is 63.3 Å². The first-order valence-electron chi connectivity index (χ1n) is 17.0. The summed E-state index contributed by atoms with van der Waals surface area (Å²) in [5, 5.41) is 24.6. The smallest absolute Gasteiger partial charge is 0.303 e. The molecule has 1 aromatic carbocycles. The molecule has 0 saturated heterocycles. The van der Waals surface area contributed by atoms with Crippen LogP contribution in [-0.2, 0) is 45.4 Å². The van der Waals surface area contributed by atoms with Crippen molar-refractivity contribution in [2.75, 3.05) is 24.6 Å². The Morgan fingerprint density at radius 2 is 1.45 bits per heavy atom. The Morgan fingerprint density at radius 1 is 0.811 bits per heavy atom. The average Bonchev–Trinajstić information content (AvgIpc) is 3.39. The van der Waals surface area contributed by atoms with E-state index in [4.69, 9.17) is 5.11 Å². The average molecular weight is 803 g/mol. The number of hydrazone groups is 1. The fourth-order valence-corrected chi connectivity index (χ4v) is 8.21. The molecule has 0 bridgehead atoms. The number of carbonyl (C=O) groups is 2. The molecule has 1 aromatic rings. The number of unbranched alkanes of at least 4 members (excludes halogenated alkanes) is 2. The number of rotatable bonds is 21. The summed E-state index contributed by atoms with van der Waals surface area (Å²) in [6.45, 7) is 5.93. The number of nitrogens with zero attached hydrogens (tertiary/aromatic N) is 3. The zero-order chi connectivity index (χ0) is 39.8. The summed E-state index contributed by atoms with van der Waals surface area (Å²) in [5.74, 6) is -2.94. The highest BCUT2D eigenvalue weighted by Gasteiger charge is 2.48. The molecule has 2 unspecified atom stereocenters. The van der Waals surface area contributed by atoms with E-state index in [1.165, 1.54) is 12.1 Å². The van der Waals surface area contributed by atoms with E-state index in [1.54, 1.807) is 55.3 Å². The molecule has 0 aliphatic carbocycles. The van der Waals surface area contributed by atoms with Crippen molar-refractivity contribution in [2.24, 2.45) is 10.5 Å². The minimum atomic E-state index is -4.60. The number of hydrogen-bond donors (Lipinski definition) is 5. The molecule has 2 aliphatic rings. The van der Waals surface area contributed by atoms with E-state index in [1.807, 2.05) is 11.5 Å². The normalized spacial score (nSPS) is 21.7. The molecule has 0 spiro atoms. The lowest BCUT2D eigenvalue weighted by Crippen LogP contribution is -2.32. The quantitative estimate of drug-likeness (QED) is 0.0499. The van der Waals surface area contributed by atoms with Crippen LogP contribution >= 0.6 is 0 Å². The topological polar surface area (TPSA) is 256 Å². The molecular weight excluding hydrogens is 755 g/mol. The molecule has 53 heavy (non-hydrogen) atoms. The van der Waals surface area contributed by atoms with Gasteiger partial charge in [0, 0.05) is 60.3 Å². The Labute approximate surface area is 310 Å². The second kappa shape index (κ2) is 17.6. The largest absolute Gasteiger partial charge is 0.481 e. The van der Waals surface area contributed by atoms with E-state index in [9.17, 15) is 53.6 Å². The molecule has 0 radical (unpaired) electrons. The zero-order valence-electron chi connectivity index (χ0n) is 29.9. The van der Waals surface area contributed by atoms with Crippen molar-refractivity contribution in [3.8, 4) is 0 Å². The van der Waals surface area contributed by atoms with Crippen molar-refractivity contribution >= 4 is 59.4 Å². The van der Waals surface area contributed by atoms with Crippen LogP contribution in [0.1, 0.15) is 84.1 Å². The minimum Gasteiger partial charge on any atom is -0.481 e. The van der Waals surface area contributed by atoms with Crippen LogP contribution in [0.25, 0.3) is 0 Å². The van der Waals surface area contributed by atoms with E-state index >= 15 is 0 Å². The molecule has 5 N–H and O–H groups in total. The second-order valence-corrected chi connectivity index (χ2v) is 18.2. The van der Waals surface area contributed by atoms with Gasteiger partial charge < -0.3 is 10.2 Å². The third kappa shape index (κ3) is 12.1. The summed E-state index contributed by atoms with van der Waals surface area (Å²) in [7, 11) is -13.1. The van der Waals surface area contributed by atoms with Gasteiger partial charge in [0.05, 0.1) is 21.8 Å². The van der Waals surface area contributed by atoms with Gasteiger partial charge in [-0.25, -0.2) is 0 Å². The van der Waals surface area contributed by atoms with Gasteiger partial charge in [0.25, 0.3) is 30.4 Å². The number of carboxylic acids is 2. The van der Waals surface area contributed by atoms with Crippen LogP contribution in [0.4, 0.5) is 5.69 Å². The number of allylic oxidation sites excluding steroid dienone is 6. The van der Waals surface area contributed by atoms with Gasteiger partial charge in [-0.15, -0.1) is 0 Å². The monoisotopic (exact) mass is 802 g/mol. The molecule has 2 aliphatic heterocycles.